The summed E-state index contributed by atoms with van der Waals surface area (Å²) in [5.41, 5.74) is 1.81. The summed E-state index contributed by atoms with van der Waals surface area (Å²) in [4.78, 5) is 32.2. The van der Waals surface area contributed by atoms with Crippen molar-refractivity contribution in [2.75, 3.05) is 24.9 Å². The van der Waals surface area contributed by atoms with E-state index in [4.69, 9.17) is 9.47 Å². The second kappa shape index (κ2) is 8.83. The third-order valence-corrected chi connectivity index (χ3v) is 4.08. The number of Topliss-reactive ketones (excluding diaryl/α,β-unsaturated/α-hetero) is 1. The SMILES string of the molecule is COc1ccc(OC)c(Nc2cnc(C(=O)Nc3cccc(C(C)=O)c3)cn2)c1. The van der Waals surface area contributed by atoms with Crippen LogP contribution >= 0.6 is 0 Å². The van der Waals surface area contributed by atoms with Gasteiger partial charge in [-0.25, -0.2) is 9.97 Å². The number of nitrogens with one attached hydrogen (secondary N) is 2. The summed E-state index contributed by atoms with van der Waals surface area (Å²) in [5, 5.41) is 5.79. The minimum atomic E-state index is -0.427. The maximum atomic E-state index is 12.4. The number of rotatable bonds is 7. The van der Waals surface area contributed by atoms with Crippen molar-refractivity contribution < 1.29 is 19.1 Å². The Morgan fingerprint density at radius 1 is 0.966 bits per heavy atom. The van der Waals surface area contributed by atoms with E-state index in [0.29, 0.717) is 34.3 Å². The highest BCUT2D eigenvalue weighted by molar-refractivity contribution is 6.03. The summed E-state index contributed by atoms with van der Waals surface area (Å²) >= 11 is 0. The molecule has 3 rings (SSSR count). The normalized spacial score (nSPS) is 10.2. The molecule has 3 aromatic rings. The van der Waals surface area contributed by atoms with Crippen LogP contribution in [0.5, 0.6) is 11.5 Å². The zero-order valence-electron chi connectivity index (χ0n) is 16.2. The molecular weight excluding hydrogens is 372 g/mol. The Morgan fingerprint density at radius 2 is 1.79 bits per heavy atom. The van der Waals surface area contributed by atoms with E-state index in [1.54, 1.807) is 56.7 Å². The third kappa shape index (κ3) is 4.86. The first kappa shape index (κ1) is 19.8. The molecule has 0 fully saturated rings. The standard InChI is InChI=1S/C21H20N4O4/c1-13(26)14-5-4-6-15(9-14)24-21(27)18-11-23-20(12-22-18)25-17-10-16(28-2)7-8-19(17)29-3/h4-12H,1-3H3,(H,23,25)(H,24,27). The molecule has 1 amide bonds. The predicted molar refractivity (Wildman–Crippen MR) is 109 cm³/mol. The Bertz CT molecular complexity index is 1040. The molecule has 1 aromatic heterocycles. The molecule has 0 aliphatic rings. The van der Waals surface area contributed by atoms with Gasteiger partial charge in [0.05, 0.1) is 32.3 Å². The van der Waals surface area contributed by atoms with Crippen LogP contribution in [-0.4, -0.2) is 35.9 Å². The molecular formula is C21H20N4O4. The zero-order valence-corrected chi connectivity index (χ0v) is 16.2. The van der Waals surface area contributed by atoms with Gasteiger partial charge in [-0.1, -0.05) is 12.1 Å². The van der Waals surface area contributed by atoms with Gasteiger partial charge in [0, 0.05) is 17.3 Å². The number of nitrogens with zero attached hydrogens (tertiary/aromatic N) is 2. The average molecular weight is 392 g/mol. The molecule has 2 aromatic carbocycles. The zero-order chi connectivity index (χ0) is 20.8. The molecule has 0 aliphatic carbocycles. The van der Waals surface area contributed by atoms with Gasteiger partial charge in [-0.15, -0.1) is 0 Å². The Hall–Kier alpha value is -3.94. The largest absolute Gasteiger partial charge is 0.497 e. The Morgan fingerprint density at radius 3 is 2.45 bits per heavy atom. The minimum absolute atomic E-state index is 0.0794. The summed E-state index contributed by atoms with van der Waals surface area (Å²) < 4.78 is 10.5. The molecule has 0 saturated heterocycles. The van der Waals surface area contributed by atoms with Crippen LogP contribution in [0.25, 0.3) is 0 Å². The monoisotopic (exact) mass is 392 g/mol. The lowest BCUT2D eigenvalue weighted by molar-refractivity contribution is 0.100. The molecule has 2 N–H and O–H groups in total. The summed E-state index contributed by atoms with van der Waals surface area (Å²) in [6.45, 7) is 1.47. The Kier molecular flexibility index (Phi) is 6.03. The maximum absolute atomic E-state index is 12.4. The van der Waals surface area contributed by atoms with Crippen LogP contribution < -0.4 is 20.1 Å². The van der Waals surface area contributed by atoms with Crippen LogP contribution in [-0.2, 0) is 0 Å². The average Bonchev–Trinajstić information content (AvgIpc) is 2.74. The minimum Gasteiger partial charge on any atom is -0.497 e. The second-order valence-corrected chi connectivity index (χ2v) is 6.07. The molecule has 0 unspecified atom stereocenters. The molecule has 0 aliphatic heterocycles. The first-order chi connectivity index (χ1) is 14.0. The first-order valence-corrected chi connectivity index (χ1v) is 8.73. The summed E-state index contributed by atoms with van der Waals surface area (Å²) in [6.07, 6.45) is 2.80. The molecule has 148 valence electrons. The first-order valence-electron chi connectivity index (χ1n) is 8.73. The summed E-state index contributed by atoms with van der Waals surface area (Å²) in [6, 6.07) is 12.0. The molecule has 0 saturated carbocycles. The van der Waals surface area contributed by atoms with E-state index >= 15 is 0 Å². The highest BCUT2D eigenvalue weighted by Crippen LogP contribution is 2.30. The number of carbonyl (C=O) groups excluding carboxylic acids is 2. The van der Waals surface area contributed by atoms with Gasteiger partial charge >= 0.3 is 0 Å². The van der Waals surface area contributed by atoms with Gasteiger partial charge in [-0.3, -0.25) is 9.59 Å². The van der Waals surface area contributed by atoms with Crippen molar-refractivity contribution in [2.24, 2.45) is 0 Å². The molecule has 8 heteroatoms. The van der Waals surface area contributed by atoms with Gasteiger partial charge in [-0.05, 0) is 31.2 Å². The predicted octanol–water partition coefficient (Wildman–Crippen LogP) is 3.69. The smallest absolute Gasteiger partial charge is 0.275 e. The van der Waals surface area contributed by atoms with Crippen LogP contribution in [0.4, 0.5) is 17.2 Å². The van der Waals surface area contributed by atoms with Gasteiger partial charge in [0.25, 0.3) is 5.91 Å². The maximum Gasteiger partial charge on any atom is 0.275 e. The second-order valence-electron chi connectivity index (χ2n) is 6.07. The van der Waals surface area contributed by atoms with Crippen molar-refractivity contribution in [1.29, 1.82) is 0 Å². The number of ketones is 1. The highest BCUT2D eigenvalue weighted by atomic mass is 16.5. The van der Waals surface area contributed by atoms with Crippen LogP contribution in [0.3, 0.4) is 0 Å². The number of carbonyl (C=O) groups is 2. The van der Waals surface area contributed by atoms with E-state index < -0.39 is 5.91 Å². The van der Waals surface area contributed by atoms with E-state index in [2.05, 4.69) is 20.6 Å². The number of hydrogen-bond donors (Lipinski definition) is 2. The number of ether oxygens (including phenoxy) is 2. The lowest BCUT2D eigenvalue weighted by Crippen LogP contribution is -2.14. The van der Waals surface area contributed by atoms with Crippen LogP contribution in [0.2, 0.25) is 0 Å². The Labute approximate surface area is 167 Å². The fraction of sp³-hybridized carbons (Fsp3) is 0.143. The van der Waals surface area contributed by atoms with Crippen molar-refractivity contribution >= 4 is 28.9 Å². The van der Waals surface area contributed by atoms with Crippen molar-refractivity contribution in [3.63, 3.8) is 0 Å². The van der Waals surface area contributed by atoms with Crippen molar-refractivity contribution in [3.05, 3.63) is 66.1 Å². The van der Waals surface area contributed by atoms with Gasteiger partial charge in [0.1, 0.15) is 23.0 Å². The molecule has 0 radical (unpaired) electrons. The van der Waals surface area contributed by atoms with Crippen molar-refractivity contribution in [3.8, 4) is 11.5 Å². The lowest BCUT2D eigenvalue weighted by atomic mass is 10.1. The van der Waals surface area contributed by atoms with E-state index in [0.717, 1.165) is 0 Å². The molecule has 0 spiro atoms. The number of methoxy groups -OCH3 is 2. The number of benzene rings is 2. The fourth-order valence-corrected chi connectivity index (χ4v) is 2.57. The highest BCUT2D eigenvalue weighted by Gasteiger charge is 2.11. The number of anilines is 3. The molecule has 29 heavy (non-hydrogen) atoms. The lowest BCUT2D eigenvalue weighted by Gasteiger charge is -2.12. The quantitative estimate of drug-likeness (QED) is 0.591. The number of hydrogen-bond acceptors (Lipinski definition) is 7. The Balaban J connectivity index is 1.72. The van der Waals surface area contributed by atoms with E-state index in [1.807, 2.05) is 0 Å². The van der Waals surface area contributed by atoms with Crippen molar-refractivity contribution in [1.82, 2.24) is 9.97 Å². The van der Waals surface area contributed by atoms with E-state index in [-0.39, 0.29) is 11.5 Å². The summed E-state index contributed by atoms with van der Waals surface area (Å²) in [5.74, 6) is 1.20. The van der Waals surface area contributed by atoms with Gasteiger partial charge in [0.2, 0.25) is 0 Å². The molecule has 1 heterocycles. The molecule has 0 atom stereocenters. The van der Waals surface area contributed by atoms with Gasteiger partial charge < -0.3 is 20.1 Å². The third-order valence-electron chi connectivity index (χ3n) is 4.08. The fourth-order valence-electron chi connectivity index (χ4n) is 2.57. The number of aromatic nitrogens is 2. The topological polar surface area (TPSA) is 102 Å². The summed E-state index contributed by atoms with van der Waals surface area (Å²) in [7, 11) is 3.14. The van der Waals surface area contributed by atoms with E-state index in [1.165, 1.54) is 19.3 Å². The van der Waals surface area contributed by atoms with Crippen LogP contribution in [0.1, 0.15) is 27.8 Å². The van der Waals surface area contributed by atoms with Crippen LogP contribution in [0.15, 0.2) is 54.9 Å². The van der Waals surface area contributed by atoms with Gasteiger partial charge in [0.15, 0.2) is 5.78 Å². The molecule has 0 bridgehead atoms. The van der Waals surface area contributed by atoms with E-state index in [9.17, 15) is 9.59 Å². The number of amides is 1. The van der Waals surface area contributed by atoms with Crippen molar-refractivity contribution in [2.45, 2.75) is 6.92 Å². The van der Waals surface area contributed by atoms with Crippen LogP contribution in [0, 0.1) is 0 Å². The molecule has 8 nitrogen and oxygen atoms in total. The van der Waals surface area contributed by atoms with Gasteiger partial charge in [-0.2, -0.15) is 0 Å².